The second-order valence-electron chi connectivity index (χ2n) is 5.17. The van der Waals surface area contributed by atoms with E-state index >= 15 is 0 Å². The number of rotatable bonds is 5. The summed E-state index contributed by atoms with van der Waals surface area (Å²) in [7, 11) is 0. The summed E-state index contributed by atoms with van der Waals surface area (Å²) in [6, 6.07) is 4.98. The van der Waals surface area contributed by atoms with E-state index in [9.17, 15) is 4.39 Å². The minimum absolute atomic E-state index is 0.209. The Labute approximate surface area is 133 Å². The molecule has 0 aliphatic heterocycles. The van der Waals surface area contributed by atoms with Gasteiger partial charge in [0, 0.05) is 24.6 Å². The number of aromatic nitrogens is 2. The number of nitrogens with zero attached hydrogens (tertiary/aromatic N) is 2. The van der Waals surface area contributed by atoms with Crippen molar-refractivity contribution in [2.24, 2.45) is 5.73 Å². The molecule has 2 rings (SSSR count). The van der Waals surface area contributed by atoms with Crippen LogP contribution >= 0.6 is 15.9 Å². The van der Waals surface area contributed by atoms with Gasteiger partial charge in [0.05, 0.1) is 15.9 Å². The molecule has 1 aromatic heterocycles. The van der Waals surface area contributed by atoms with Crippen molar-refractivity contribution >= 4 is 15.9 Å². The molecule has 0 radical (unpaired) electrons. The van der Waals surface area contributed by atoms with Crippen molar-refractivity contribution in [3.05, 3.63) is 51.0 Å². The Morgan fingerprint density at radius 2 is 2.10 bits per heavy atom. The van der Waals surface area contributed by atoms with E-state index in [4.69, 9.17) is 5.73 Å². The quantitative estimate of drug-likeness (QED) is 0.885. The topological polar surface area (TPSA) is 43.8 Å². The van der Waals surface area contributed by atoms with Crippen LogP contribution in [0.3, 0.4) is 0 Å². The van der Waals surface area contributed by atoms with Gasteiger partial charge in [-0.2, -0.15) is 5.10 Å². The van der Waals surface area contributed by atoms with Crippen molar-refractivity contribution in [3.8, 4) is 0 Å². The Kier molecular flexibility index (Phi) is 5.17. The van der Waals surface area contributed by atoms with E-state index in [-0.39, 0.29) is 11.9 Å². The van der Waals surface area contributed by atoms with Crippen LogP contribution in [0.2, 0.25) is 0 Å². The SMILES string of the molecule is CCc1nn(CC)c(CC(N)c2cccc(C)c2F)c1Br. The first-order valence-electron chi connectivity index (χ1n) is 7.24. The van der Waals surface area contributed by atoms with E-state index in [1.54, 1.807) is 19.1 Å². The van der Waals surface area contributed by atoms with Gasteiger partial charge < -0.3 is 5.73 Å². The standard InChI is InChI=1S/C16H21BrFN3/c1-4-13-15(17)14(21(5-2)20-13)9-12(19)11-8-6-7-10(3)16(11)18/h6-8,12H,4-5,9,19H2,1-3H3. The molecular weight excluding hydrogens is 333 g/mol. The Bertz CT molecular complexity index is 637. The molecule has 21 heavy (non-hydrogen) atoms. The number of hydrogen-bond donors (Lipinski definition) is 1. The molecule has 0 bridgehead atoms. The highest BCUT2D eigenvalue weighted by Crippen LogP contribution is 2.27. The molecule has 0 spiro atoms. The average Bonchev–Trinajstić information content (AvgIpc) is 2.78. The van der Waals surface area contributed by atoms with Crippen LogP contribution in [-0.4, -0.2) is 9.78 Å². The Morgan fingerprint density at radius 3 is 2.71 bits per heavy atom. The molecular formula is C16H21BrFN3. The predicted molar refractivity (Wildman–Crippen MR) is 86.7 cm³/mol. The van der Waals surface area contributed by atoms with E-state index < -0.39 is 0 Å². The molecule has 0 saturated carbocycles. The summed E-state index contributed by atoms with van der Waals surface area (Å²) < 4.78 is 17.1. The Balaban J connectivity index is 2.33. The maximum absolute atomic E-state index is 14.2. The molecule has 114 valence electrons. The molecule has 5 heteroatoms. The Morgan fingerprint density at radius 1 is 1.38 bits per heavy atom. The van der Waals surface area contributed by atoms with Gasteiger partial charge >= 0.3 is 0 Å². The van der Waals surface area contributed by atoms with Crippen LogP contribution < -0.4 is 5.73 Å². The van der Waals surface area contributed by atoms with Crippen LogP contribution in [0.25, 0.3) is 0 Å². The lowest BCUT2D eigenvalue weighted by Gasteiger charge is -2.15. The van der Waals surface area contributed by atoms with E-state index in [1.807, 2.05) is 17.7 Å². The molecule has 1 unspecified atom stereocenters. The summed E-state index contributed by atoms with van der Waals surface area (Å²) >= 11 is 3.60. The van der Waals surface area contributed by atoms with Crippen LogP contribution in [0.5, 0.6) is 0 Å². The molecule has 0 amide bonds. The summed E-state index contributed by atoms with van der Waals surface area (Å²) in [6.45, 7) is 6.64. The van der Waals surface area contributed by atoms with Crippen LogP contribution in [0.1, 0.15) is 42.4 Å². The van der Waals surface area contributed by atoms with Crippen molar-refractivity contribution in [2.45, 2.75) is 46.2 Å². The fourth-order valence-corrected chi connectivity index (χ4v) is 3.21. The fraction of sp³-hybridized carbons (Fsp3) is 0.438. The summed E-state index contributed by atoms with van der Waals surface area (Å²) in [5, 5.41) is 4.55. The van der Waals surface area contributed by atoms with Gasteiger partial charge in [-0.3, -0.25) is 4.68 Å². The number of aryl methyl sites for hydroxylation is 3. The highest BCUT2D eigenvalue weighted by molar-refractivity contribution is 9.10. The summed E-state index contributed by atoms with van der Waals surface area (Å²) in [5.41, 5.74) is 9.47. The second-order valence-corrected chi connectivity index (χ2v) is 5.96. The minimum Gasteiger partial charge on any atom is -0.324 e. The predicted octanol–water partition coefficient (Wildman–Crippen LogP) is 3.92. The maximum Gasteiger partial charge on any atom is 0.130 e. The average molecular weight is 354 g/mol. The first kappa shape index (κ1) is 16.2. The molecule has 2 aromatic rings. The van der Waals surface area contributed by atoms with Gasteiger partial charge in [0.2, 0.25) is 0 Å². The largest absolute Gasteiger partial charge is 0.324 e. The second kappa shape index (κ2) is 6.71. The van der Waals surface area contributed by atoms with Crippen molar-refractivity contribution in [3.63, 3.8) is 0 Å². The Hall–Kier alpha value is -1.20. The smallest absolute Gasteiger partial charge is 0.130 e. The van der Waals surface area contributed by atoms with Crippen molar-refractivity contribution in [1.82, 2.24) is 9.78 Å². The lowest BCUT2D eigenvalue weighted by molar-refractivity contribution is 0.550. The van der Waals surface area contributed by atoms with Crippen molar-refractivity contribution in [1.29, 1.82) is 0 Å². The summed E-state index contributed by atoms with van der Waals surface area (Å²) in [4.78, 5) is 0. The first-order chi connectivity index (χ1) is 9.99. The van der Waals surface area contributed by atoms with Gasteiger partial charge in [-0.1, -0.05) is 25.1 Å². The van der Waals surface area contributed by atoms with Gasteiger partial charge in [-0.15, -0.1) is 0 Å². The molecule has 2 N–H and O–H groups in total. The molecule has 0 fully saturated rings. The zero-order valence-corrected chi connectivity index (χ0v) is 14.2. The number of halogens is 2. The van der Waals surface area contributed by atoms with E-state index in [0.717, 1.165) is 28.8 Å². The molecule has 0 saturated heterocycles. The van der Waals surface area contributed by atoms with Crippen LogP contribution in [0.4, 0.5) is 4.39 Å². The lowest BCUT2D eigenvalue weighted by Crippen LogP contribution is -2.18. The normalized spacial score (nSPS) is 12.7. The third kappa shape index (κ3) is 3.19. The van der Waals surface area contributed by atoms with Gasteiger partial charge in [-0.05, 0) is 41.8 Å². The minimum atomic E-state index is -0.382. The monoisotopic (exact) mass is 353 g/mol. The molecule has 1 heterocycles. The van der Waals surface area contributed by atoms with E-state index in [2.05, 4.69) is 28.0 Å². The number of benzene rings is 1. The van der Waals surface area contributed by atoms with Gasteiger partial charge in [0.15, 0.2) is 0 Å². The molecule has 0 aliphatic carbocycles. The van der Waals surface area contributed by atoms with Gasteiger partial charge in [0.25, 0.3) is 0 Å². The third-order valence-electron chi connectivity index (χ3n) is 3.73. The zero-order chi connectivity index (χ0) is 15.6. The summed E-state index contributed by atoms with van der Waals surface area (Å²) in [6.07, 6.45) is 1.41. The summed E-state index contributed by atoms with van der Waals surface area (Å²) in [5.74, 6) is -0.209. The van der Waals surface area contributed by atoms with Crippen LogP contribution in [-0.2, 0) is 19.4 Å². The van der Waals surface area contributed by atoms with Gasteiger partial charge in [0.1, 0.15) is 5.82 Å². The number of hydrogen-bond acceptors (Lipinski definition) is 2. The molecule has 3 nitrogen and oxygen atoms in total. The number of nitrogens with two attached hydrogens (primary N) is 1. The van der Waals surface area contributed by atoms with E-state index in [0.29, 0.717) is 17.5 Å². The van der Waals surface area contributed by atoms with Crippen molar-refractivity contribution in [2.75, 3.05) is 0 Å². The van der Waals surface area contributed by atoms with Crippen LogP contribution in [0, 0.1) is 12.7 Å². The van der Waals surface area contributed by atoms with Crippen molar-refractivity contribution < 1.29 is 4.39 Å². The lowest BCUT2D eigenvalue weighted by atomic mass is 10.00. The van der Waals surface area contributed by atoms with Gasteiger partial charge in [-0.25, -0.2) is 4.39 Å². The highest BCUT2D eigenvalue weighted by atomic mass is 79.9. The third-order valence-corrected chi connectivity index (χ3v) is 4.64. The van der Waals surface area contributed by atoms with Crippen LogP contribution in [0.15, 0.2) is 22.7 Å². The molecule has 1 atom stereocenters. The van der Waals surface area contributed by atoms with E-state index in [1.165, 1.54) is 0 Å². The molecule has 0 aliphatic rings. The molecule has 1 aromatic carbocycles. The highest BCUT2D eigenvalue weighted by Gasteiger charge is 2.19. The fourth-order valence-electron chi connectivity index (χ4n) is 2.49. The zero-order valence-electron chi connectivity index (χ0n) is 12.7. The first-order valence-corrected chi connectivity index (χ1v) is 8.03. The maximum atomic E-state index is 14.2.